The number of nitrogens with one attached hydrogen (secondary N) is 1. The van der Waals surface area contributed by atoms with E-state index in [0.29, 0.717) is 24.3 Å². The summed E-state index contributed by atoms with van der Waals surface area (Å²) in [5.74, 6) is -0.568. The summed E-state index contributed by atoms with van der Waals surface area (Å²) in [5.41, 5.74) is 2.95. The number of hydrogen-bond donors (Lipinski definition) is 2. The van der Waals surface area contributed by atoms with Gasteiger partial charge in [0.25, 0.3) is 5.91 Å². The van der Waals surface area contributed by atoms with Gasteiger partial charge >= 0.3 is 5.97 Å². The fourth-order valence-corrected chi connectivity index (χ4v) is 2.43. The molecule has 0 atom stereocenters. The Morgan fingerprint density at radius 3 is 2.16 bits per heavy atom. The first-order chi connectivity index (χ1) is 12.1. The summed E-state index contributed by atoms with van der Waals surface area (Å²) in [6.07, 6.45) is 2.80. The van der Waals surface area contributed by atoms with Crippen molar-refractivity contribution in [3.63, 3.8) is 0 Å². The molecule has 2 aromatic carbocycles. The summed E-state index contributed by atoms with van der Waals surface area (Å²) in [4.78, 5) is 22.6. The largest absolute Gasteiger partial charge is 0.482 e. The van der Waals surface area contributed by atoms with E-state index in [4.69, 9.17) is 9.84 Å². The molecule has 0 radical (unpaired) electrons. The molecule has 132 valence electrons. The highest BCUT2D eigenvalue weighted by Gasteiger charge is 2.05. The standard InChI is InChI=1S/C20H23NO4/c1-2-3-15-4-8-17(9-5-15)20(24)21-13-12-16-6-10-18(11-7-16)25-14-19(22)23/h4-11H,2-3,12-14H2,1H3,(H,21,24)(H,22,23). The minimum Gasteiger partial charge on any atom is -0.482 e. The Labute approximate surface area is 147 Å². The molecule has 0 heterocycles. The lowest BCUT2D eigenvalue weighted by Gasteiger charge is -2.07. The predicted molar refractivity (Wildman–Crippen MR) is 96.0 cm³/mol. The number of rotatable bonds is 9. The van der Waals surface area contributed by atoms with Crippen LogP contribution < -0.4 is 10.1 Å². The smallest absolute Gasteiger partial charge is 0.341 e. The van der Waals surface area contributed by atoms with Gasteiger partial charge in [-0.3, -0.25) is 4.79 Å². The SMILES string of the molecule is CCCc1ccc(C(=O)NCCc2ccc(OCC(=O)O)cc2)cc1. The second-order valence-electron chi connectivity index (χ2n) is 5.78. The third kappa shape index (κ3) is 6.30. The van der Waals surface area contributed by atoms with Crippen LogP contribution >= 0.6 is 0 Å². The lowest BCUT2D eigenvalue weighted by molar-refractivity contribution is -0.139. The number of carboxylic acid groups (broad SMARTS) is 1. The summed E-state index contributed by atoms with van der Waals surface area (Å²) < 4.78 is 5.08. The van der Waals surface area contributed by atoms with Crippen LogP contribution in [0.5, 0.6) is 5.75 Å². The van der Waals surface area contributed by atoms with Gasteiger partial charge in [0.15, 0.2) is 6.61 Å². The van der Waals surface area contributed by atoms with Gasteiger partial charge in [-0.2, -0.15) is 0 Å². The van der Waals surface area contributed by atoms with Crippen LogP contribution in [0.2, 0.25) is 0 Å². The van der Waals surface area contributed by atoms with E-state index < -0.39 is 5.97 Å². The minimum absolute atomic E-state index is 0.0792. The fourth-order valence-electron chi connectivity index (χ4n) is 2.43. The first-order valence-electron chi connectivity index (χ1n) is 8.39. The Kier molecular flexibility index (Phi) is 7.01. The van der Waals surface area contributed by atoms with Gasteiger partial charge in [-0.15, -0.1) is 0 Å². The van der Waals surface area contributed by atoms with Gasteiger partial charge in [0, 0.05) is 12.1 Å². The average Bonchev–Trinajstić information content (AvgIpc) is 2.62. The summed E-state index contributed by atoms with van der Waals surface area (Å²) in [7, 11) is 0. The number of carboxylic acids is 1. The van der Waals surface area contributed by atoms with Crippen LogP contribution in [0.4, 0.5) is 0 Å². The number of ether oxygens (including phenoxy) is 1. The molecule has 2 N–H and O–H groups in total. The molecule has 0 fully saturated rings. The van der Waals surface area contributed by atoms with E-state index in [2.05, 4.69) is 12.2 Å². The van der Waals surface area contributed by atoms with E-state index in [-0.39, 0.29) is 12.5 Å². The van der Waals surface area contributed by atoms with Crippen LogP contribution in [0.15, 0.2) is 48.5 Å². The first kappa shape index (κ1) is 18.5. The van der Waals surface area contributed by atoms with Crippen LogP contribution in [0.3, 0.4) is 0 Å². The maximum absolute atomic E-state index is 12.1. The zero-order valence-electron chi connectivity index (χ0n) is 14.3. The second-order valence-corrected chi connectivity index (χ2v) is 5.78. The van der Waals surface area contributed by atoms with Crippen molar-refractivity contribution in [1.82, 2.24) is 5.32 Å². The summed E-state index contributed by atoms with van der Waals surface area (Å²) in [5, 5.41) is 11.5. The van der Waals surface area contributed by atoms with Crippen LogP contribution in [0.1, 0.15) is 34.8 Å². The summed E-state index contributed by atoms with van der Waals surface area (Å²) in [6.45, 7) is 2.31. The van der Waals surface area contributed by atoms with Crippen molar-refractivity contribution in [3.8, 4) is 5.75 Å². The fraction of sp³-hybridized carbons (Fsp3) is 0.300. The summed E-state index contributed by atoms with van der Waals surface area (Å²) >= 11 is 0. The number of hydrogen-bond acceptors (Lipinski definition) is 3. The molecule has 2 aromatic rings. The van der Waals surface area contributed by atoms with Crippen molar-refractivity contribution in [2.45, 2.75) is 26.2 Å². The molecule has 0 unspecified atom stereocenters. The molecular weight excluding hydrogens is 318 g/mol. The Balaban J connectivity index is 1.77. The zero-order valence-corrected chi connectivity index (χ0v) is 14.3. The van der Waals surface area contributed by atoms with Gasteiger partial charge in [0.2, 0.25) is 0 Å². The highest BCUT2D eigenvalue weighted by molar-refractivity contribution is 5.94. The van der Waals surface area contributed by atoms with Crippen molar-refractivity contribution in [1.29, 1.82) is 0 Å². The number of amides is 1. The lowest BCUT2D eigenvalue weighted by Crippen LogP contribution is -2.25. The molecule has 5 heteroatoms. The van der Waals surface area contributed by atoms with E-state index in [0.717, 1.165) is 18.4 Å². The van der Waals surface area contributed by atoms with E-state index in [1.807, 2.05) is 36.4 Å². The van der Waals surface area contributed by atoms with Crippen LogP contribution in [0, 0.1) is 0 Å². The van der Waals surface area contributed by atoms with E-state index in [9.17, 15) is 9.59 Å². The Morgan fingerprint density at radius 1 is 0.960 bits per heavy atom. The molecule has 25 heavy (non-hydrogen) atoms. The normalized spacial score (nSPS) is 10.3. The molecule has 0 saturated carbocycles. The molecule has 0 saturated heterocycles. The molecule has 1 amide bonds. The first-order valence-corrected chi connectivity index (χ1v) is 8.39. The summed E-state index contributed by atoms with van der Waals surface area (Å²) in [6, 6.07) is 14.9. The Hall–Kier alpha value is -2.82. The molecule has 0 aliphatic rings. The highest BCUT2D eigenvalue weighted by atomic mass is 16.5. The zero-order chi connectivity index (χ0) is 18.1. The molecule has 0 spiro atoms. The van der Waals surface area contributed by atoms with Gasteiger partial charge in [0.05, 0.1) is 0 Å². The number of benzene rings is 2. The lowest BCUT2D eigenvalue weighted by atomic mass is 10.1. The van der Waals surface area contributed by atoms with Crippen LogP contribution in [-0.4, -0.2) is 30.1 Å². The predicted octanol–water partition coefficient (Wildman–Crippen LogP) is 3.08. The molecule has 0 bridgehead atoms. The molecule has 2 rings (SSSR count). The van der Waals surface area contributed by atoms with Gasteiger partial charge in [0.1, 0.15) is 5.75 Å². The van der Waals surface area contributed by atoms with Crippen molar-refractivity contribution in [2.75, 3.05) is 13.2 Å². The molecule has 5 nitrogen and oxygen atoms in total. The average molecular weight is 341 g/mol. The van der Waals surface area contributed by atoms with Gasteiger partial charge in [-0.05, 0) is 48.2 Å². The maximum atomic E-state index is 12.1. The quantitative estimate of drug-likeness (QED) is 0.735. The van der Waals surface area contributed by atoms with Crippen molar-refractivity contribution in [2.24, 2.45) is 0 Å². The topological polar surface area (TPSA) is 75.6 Å². The number of carbonyl (C=O) groups is 2. The van der Waals surface area contributed by atoms with Crippen molar-refractivity contribution in [3.05, 3.63) is 65.2 Å². The minimum atomic E-state index is -1.01. The van der Waals surface area contributed by atoms with E-state index in [1.165, 1.54) is 5.56 Å². The van der Waals surface area contributed by atoms with Crippen molar-refractivity contribution >= 4 is 11.9 Å². The van der Waals surface area contributed by atoms with Crippen molar-refractivity contribution < 1.29 is 19.4 Å². The number of aliphatic carboxylic acids is 1. The number of carbonyl (C=O) groups excluding carboxylic acids is 1. The second kappa shape index (κ2) is 9.47. The molecule has 0 aliphatic carbocycles. The Bertz CT molecular complexity index is 693. The molecule has 0 aliphatic heterocycles. The molecular formula is C20H23NO4. The Morgan fingerprint density at radius 2 is 1.56 bits per heavy atom. The maximum Gasteiger partial charge on any atom is 0.341 e. The van der Waals surface area contributed by atoms with Gasteiger partial charge < -0.3 is 15.2 Å². The van der Waals surface area contributed by atoms with E-state index in [1.54, 1.807) is 12.1 Å². The third-order valence-corrected chi connectivity index (χ3v) is 3.74. The van der Waals surface area contributed by atoms with Gasteiger partial charge in [-0.1, -0.05) is 37.6 Å². The number of aryl methyl sites for hydroxylation is 1. The molecule has 0 aromatic heterocycles. The third-order valence-electron chi connectivity index (χ3n) is 3.74. The monoisotopic (exact) mass is 341 g/mol. The van der Waals surface area contributed by atoms with Crippen LogP contribution in [0.25, 0.3) is 0 Å². The van der Waals surface area contributed by atoms with Crippen LogP contribution in [-0.2, 0) is 17.6 Å². The van der Waals surface area contributed by atoms with E-state index >= 15 is 0 Å². The van der Waals surface area contributed by atoms with Gasteiger partial charge in [-0.25, -0.2) is 4.79 Å². The highest BCUT2D eigenvalue weighted by Crippen LogP contribution is 2.12.